The van der Waals surface area contributed by atoms with Gasteiger partial charge in [-0.25, -0.2) is 18.2 Å². The number of pyridine rings is 1. The summed E-state index contributed by atoms with van der Waals surface area (Å²) in [5, 5.41) is 8.60. The molecule has 0 saturated carbocycles. The van der Waals surface area contributed by atoms with Crippen LogP contribution in [0.5, 0.6) is 0 Å². The summed E-state index contributed by atoms with van der Waals surface area (Å²) in [6.45, 7) is 1.81. The molecular weight excluding hydrogens is 288 g/mol. The van der Waals surface area contributed by atoms with Crippen LogP contribution in [0.4, 0.5) is 0 Å². The predicted molar refractivity (Wildman–Crippen MR) is 74.0 cm³/mol. The van der Waals surface area contributed by atoms with E-state index in [9.17, 15) is 13.2 Å². The summed E-state index contributed by atoms with van der Waals surface area (Å²) in [6, 6.07) is 2.28. The summed E-state index contributed by atoms with van der Waals surface area (Å²) in [6.07, 6.45) is 2.94. The Labute approximate surface area is 116 Å². The van der Waals surface area contributed by atoms with Crippen molar-refractivity contribution in [1.29, 1.82) is 0 Å². The molecule has 0 fully saturated rings. The number of hydrogen-bond donors (Lipinski definition) is 1. The Bertz CT molecular complexity index is 542. The lowest BCUT2D eigenvalue weighted by Gasteiger charge is -2.23. The summed E-state index contributed by atoms with van der Waals surface area (Å²) in [5.74, 6) is -0.469. The van der Waals surface area contributed by atoms with Crippen LogP contribution in [0.3, 0.4) is 0 Å². The van der Waals surface area contributed by atoms with E-state index >= 15 is 0 Å². The van der Waals surface area contributed by atoms with Crippen molar-refractivity contribution >= 4 is 27.8 Å². The molecule has 1 heterocycles. The number of aromatic nitrogens is 1. The molecule has 19 heavy (non-hydrogen) atoms. The van der Waals surface area contributed by atoms with Gasteiger partial charge in [-0.2, -0.15) is 16.1 Å². The maximum atomic E-state index is 12.2. The zero-order valence-corrected chi connectivity index (χ0v) is 12.5. The van der Waals surface area contributed by atoms with Gasteiger partial charge in [-0.05, 0) is 25.3 Å². The lowest BCUT2D eigenvalue weighted by molar-refractivity contribution is 0.0696. The maximum Gasteiger partial charge on any atom is 0.337 e. The first kappa shape index (κ1) is 15.9. The van der Waals surface area contributed by atoms with Gasteiger partial charge in [-0.3, -0.25) is 0 Å². The smallest absolute Gasteiger partial charge is 0.337 e. The molecule has 6 nitrogen and oxygen atoms in total. The molecule has 1 aromatic rings. The number of thioether (sulfide) groups is 1. The number of carbonyl (C=O) groups is 1. The van der Waals surface area contributed by atoms with Crippen LogP contribution in [0, 0.1) is 0 Å². The van der Waals surface area contributed by atoms with Crippen molar-refractivity contribution in [2.45, 2.75) is 18.0 Å². The highest BCUT2D eigenvalue weighted by Crippen LogP contribution is 2.16. The molecule has 1 rings (SSSR count). The normalized spacial score (nSPS) is 13.5. The number of carboxylic acids is 1. The summed E-state index contributed by atoms with van der Waals surface area (Å²) in [7, 11) is -2.20. The first-order chi connectivity index (χ1) is 8.80. The Morgan fingerprint density at radius 2 is 2.16 bits per heavy atom. The Balaban J connectivity index is 3.03. The van der Waals surface area contributed by atoms with Crippen molar-refractivity contribution in [2.75, 3.05) is 19.1 Å². The van der Waals surface area contributed by atoms with Crippen molar-refractivity contribution in [2.24, 2.45) is 0 Å². The highest BCUT2D eigenvalue weighted by molar-refractivity contribution is 7.98. The SMILES string of the molecule is CSCC(C)N(C)S(=O)(=O)c1ccc(C(=O)O)cn1. The van der Waals surface area contributed by atoms with E-state index in [0.29, 0.717) is 5.75 Å². The van der Waals surface area contributed by atoms with Crippen molar-refractivity contribution in [3.8, 4) is 0 Å². The van der Waals surface area contributed by atoms with Gasteiger partial charge >= 0.3 is 5.97 Å². The average Bonchev–Trinajstić information content (AvgIpc) is 2.38. The fourth-order valence-electron chi connectivity index (χ4n) is 1.39. The Kier molecular flexibility index (Phi) is 5.33. The number of carboxylic acid groups (broad SMARTS) is 1. The zero-order valence-electron chi connectivity index (χ0n) is 10.9. The third kappa shape index (κ3) is 3.68. The molecule has 0 spiro atoms. The molecule has 0 radical (unpaired) electrons. The molecule has 0 aliphatic rings. The molecule has 0 saturated heterocycles. The van der Waals surface area contributed by atoms with E-state index in [1.54, 1.807) is 18.7 Å². The van der Waals surface area contributed by atoms with Crippen molar-refractivity contribution < 1.29 is 18.3 Å². The van der Waals surface area contributed by atoms with E-state index in [0.717, 1.165) is 6.20 Å². The van der Waals surface area contributed by atoms with E-state index < -0.39 is 16.0 Å². The van der Waals surface area contributed by atoms with Gasteiger partial charge in [0.15, 0.2) is 5.03 Å². The van der Waals surface area contributed by atoms with Crippen molar-refractivity contribution in [1.82, 2.24) is 9.29 Å². The standard InChI is InChI=1S/C11H16N2O4S2/c1-8(7-18-3)13(2)19(16,17)10-5-4-9(6-12-10)11(14)15/h4-6,8H,7H2,1-3H3,(H,14,15). The van der Waals surface area contributed by atoms with Crippen LogP contribution in [-0.4, -0.2) is 53.9 Å². The van der Waals surface area contributed by atoms with Crippen LogP contribution in [0.1, 0.15) is 17.3 Å². The number of nitrogens with zero attached hydrogens (tertiary/aromatic N) is 2. The van der Waals surface area contributed by atoms with Crippen LogP contribution in [-0.2, 0) is 10.0 Å². The Morgan fingerprint density at radius 1 is 1.53 bits per heavy atom. The minimum Gasteiger partial charge on any atom is -0.478 e. The molecule has 1 N–H and O–H groups in total. The van der Waals surface area contributed by atoms with Crippen molar-refractivity contribution in [3.63, 3.8) is 0 Å². The molecule has 0 bridgehead atoms. The number of rotatable bonds is 6. The van der Waals surface area contributed by atoms with Crippen LogP contribution in [0.25, 0.3) is 0 Å². The summed E-state index contributed by atoms with van der Waals surface area (Å²) >= 11 is 1.55. The van der Waals surface area contributed by atoms with Crippen molar-refractivity contribution in [3.05, 3.63) is 23.9 Å². The molecule has 1 unspecified atom stereocenters. The van der Waals surface area contributed by atoms with E-state index in [1.807, 2.05) is 6.26 Å². The lowest BCUT2D eigenvalue weighted by atomic mass is 10.3. The molecule has 1 atom stereocenters. The zero-order chi connectivity index (χ0) is 14.6. The summed E-state index contributed by atoms with van der Waals surface area (Å²) < 4.78 is 25.7. The van der Waals surface area contributed by atoms with E-state index in [4.69, 9.17) is 5.11 Å². The minimum atomic E-state index is -3.69. The van der Waals surface area contributed by atoms with Gasteiger partial charge in [0.1, 0.15) is 0 Å². The van der Waals surface area contributed by atoms with Gasteiger partial charge < -0.3 is 5.11 Å². The molecule has 0 aliphatic heterocycles. The average molecular weight is 304 g/mol. The number of sulfonamides is 1. The second-order valence-electron chi connectivity index (χ2n) is 4.02. The maximum absolute atomic E-state index is 12.2. The molecule has 106 valence electrons. The number of hydrogen-bond acceptors (Lipinski definition) is 5. The van der Waals surface area contributed by atoms with Crippen LogP contribution in [0.2, 0.25) is 0 Å². The summed E-state index contributed by atoms with van der Waals surface area (Å²) in [4.78, 5) is 14.4. The van der Waals surface area contributed by atoms with Gasteiger partial charge in [0.2, 0.25) is 0 Å². The third-order valence-electron chi connectivity index (χ3n) is 2.66. The van der Waals surface area contributed by atoms with E-state index in [-0.39, 0.29) is 16.6 Å². The first-order valence-electron chi connectivity index (χ1n) is 5.47. The quantitative estimate of drug-likeness (QED) is 0.848. The second-order valence-corrected chi connectivity index (χ2v) is 6.87. The number of aromatic carboxylic acids is 1. The minimum absolute atomic E-state index is 0.0428. The molecule has 0 amide bonds. The lowest BCUT2D eigenvalue weighted by Crippen LogP contribution is -2.37. The first-order valence-corrected chi connectivity index (χ1v) is 8.30. The van der Waals surface area contributed by atoms with Gasteiger partial charge in [0.05, 0.1) is 5.56 Å². The van der Waals surface area contributed by atoms with Gasteiger partial charge in [-0.15, -0.1) is 0 Å². The fourth-order valence-corrected chi connectivity index (χ4v) is 3.46. The molecule has 1 aromatic heterocycles. The molecule has 0 aliphatic carbocycles. The molecular formula is C11H16N2O4S2. The topological polar surface area (TPSA) is 87.6 Å². The Hall–Kier alpha value is -1.12. The second kappa shape index (κ2) is 6.36. The van der Waals surface area contributed by atoms with Gasteiger partial charge in [0.25, 0.3) is 10.0 Å². The highest BCUT2D eigenvalue weighted by atomic mass is 32.2. The highest BCUT2D eigenvalue weighted by Gasteiger charge is 2.26. The summed E-state index contributed by atoms with van der Waals surface area (Å²) in [5.41, 5.74) is -0.0428. The van der Waals surface area contributed by atoms with Gasteiger partial charge in [-0.1, -0.05) is 0 Å². The largest absolute Gasteiger partial charge is 0.478 e. The van der Waals surface area contributed by atoms with Crippen LogP contribution >= 0.6 is 11.8 Å². The molecule has 0 aromatic carbocycles. The fraction of sp³-hybridized carbons (Fsp3) is 0.455. The predicted octanol–water partition coefficient (Wildman–Crippen LogP) is 1.15. The van der Waals surface area contributed by atoms with E-state index in [2.05, 4.69) is 4.98 Å². The monoisotopic (exact) mass is 304 g/mol. The Morgan fingerprint density at radius 3 is 2.58 bits per heavy atom. The van der Waals surface area contributed by atoms with Crippen LogP contribution in [0.15, 0.2) is 23.4 Å². The third-order valence-corrected chi connectivity index (χ3v) is 5.36. The van der Waals surface area contributed by atoms with E-state index in [1.165, 1.54) is 23.5 Å². The molecule has 8 heteroatoms. The van der Waals surface area contributed by atoms with Gasteiger partial charge in [0, 0.05) is 25.0 Å². The van der Waals surface area contributed by atoms with Crippen LogP contribution < -0.4 is 0 Å².